The lowest BCUT2D eigenvalue weighted by atomic mass is 10.1. The minimum absolute atomic E-state index is 0.0123. The number of sulfone groups is 1. The van der Waals surface area contributed by atoms with Crippen LogP contribution in [0.4, 0.5) is 4.39 Å². The molecule has 0 unspecified atom stereocenters. The van der Waals surface area contributed by atoms with E-state index in [1.165, 1.54) is 26.4 Å². The van der Waals surface area contributed by atoms with Crippen LogP contribution < -0.4 is 9.47 Å². The van der Waals surface area contributed by atoms with Gasteiger partial charge >= 0.3 is 5.97 Å². The summed E-state index contributed by atoms with van der Waals surface area (Å²) in [4.78, 5) is 11.9. The van der Waals surface area contributed by atoms with Crippen LogP contribution in [0.5, 0.6) is 11.5 Å². The number of methoxy groups -OCH3 is 2. The van der Waals surface area contributed by atoms with Crippen molar-refractivity contribution in [3.63, 3.8) is 0 Å². The summed E-state index contributed by atoms with van der Waals surface area (Å²) in [5.74, 6) is -0.514. The van der Waals surface area contributed by atoms with Crippen molar-refractivity contribution in [2.45, 2.75) is 24.8 Å². The van der Waals surface area contributed by atoms with Gasteiger partial charge in [0.05, 0.1) is 31.3 Å². The molecule has 0 saturated carbocycles. The van der Waals surface area contributed by atoms with Crippen molar-refractivity contribution in [3.8, 4) is 11.5 Å². The van der Waals surface area contributed by atoms with Gasteiger partial charge < -0.3 is 14.2 Å². The molecule has 0 aliphatic rings. The lowest BCUT2D eigenvalue weighted by Gasteiger charge is -2.13. The monoisotopic (exact) mass is 396 g/mol. The van der Waals surface area contributed by atoms with Crippen LogP contribution in [0.15, 0.2) is 41.3 Å². The third-order valence-corrected chi connectivity index (χ3v) is 5.71. The molecule has 0 radical (unpaired) electrons. The molecule has 0 fully saturated rings. The average Bonchev–Trinajstić information content (AvgIpc) is 2.65. The van der Waals surface area contributed by atoms with E-state index in [9.17, 15) is 17.6 Å². The van der Waals surface area contributed by atoms with Crippen LogP contribution in [0.1, 0.15) is 17.5 Å². The molecule has 0 amide bonds. The van der Waals surface area contributed by atoms with E-state index in [2.05, 4.69) is 0 Å². The summed E-state index contributed by atoms with van der Waals surface area (Å²) in [5, 5.41) is 0. The molecule has 8 heteroatoms. The van der Waals surface area contributed by atoms with Crippen LogP contribution >= 0.6 is 0 Å². The van der Waals surface area contributed by atoms with Gasteiger partial charge in [-0.25, -0.2) is 12.8 Å². The van der Waals surface area contributed by atoms with E-state index in [4.69, 9.17) is 14.2 Å². The Balaban J connectivity index is 1.96. The molecular formula is C19H21FO6S. The van der Waals surface area contributed by atoms with Crippen LogP contribution in [0, 0.1) is 12.7 Å². The van der Waals surface area contributed by atoms with Crippen LogP contribution in [-0.2, 0) is 26.0 Å². The maximum Gasteiger partial charge on any atom is 0.307 e. The Morgan fingerprint density at radius 1 is 1.04 bits per heavy atom. The van der Waals surface area contributed by atoms with Crippen molar-refractivity contribution in [2.75, 3.05) is 20.0 Å². The first-order valence-electron chi connectivity index (χ1n) is 8.12. The first kappa shape index (κ1) is 20.7. The predicted octanol–water partition coefficient (Wildman–Crippen LogP) is 3.06. The number of aryl methyl sites for hydroxylation is 1. The summed E-state index contributed by atoms with van der Waals surface area (Å²) in [6, 6.07) is 7.93. The Morgan fingerprint density at radius 2 is 1.63 bits per heavy atom. The molecule has 2 aromatic carbocycles. The Hall–Kier alpha value is -2.61. The second kappa shape index (κ2) is 8.85. The normalized spacial score (nSPS) is 11.1. The molecule has 2 rings (SSSR count). The van der Waals surface area contributed by atoms with Gasteiger partial charge in [0.25, 0.3) is 0 Å². The minimum atomic E-state index is -3.69. The van der Waals surface area contributed by atoms with Crippen LogP contribution in [0.3, 0.4) is 0 Å². The summed E-state index contributed by atoms with van der Waals surface area (Å²) in [6.07, 6.45) is -0.300. The zero-order chi connectivity index (χ0) is 20.0. The lowest BCUT2D eigenvalue weighted by molar-refractivity contribution is -0.144. The van der Waals surface area contributed by atoms with Gasteiger partial charge in [0.1, 0.15) is 12.4 Å². The summed E-state index contributed by atoms with van der Waals surface area (Å²) in [5.41, 5.74) is 1.57. The highest BCUT2D eigenvalue weighted by molar-refractivity contribution is 7.91. The molecule has 0 atom stereocenters. The molecule has 2 aromatic rings. The van der Waals surface area contributed by atoms with Crippen molar-refractivity contribution < 1.29 is 31.8 Å². The fourth-order valence-corrected chi connectivity index (χ4v) is 3.61. The number of carbonyl (C=O) groups is 1. The Labute approximate surface area is 157 Å². The van der Waals surface area contributed by atoms with Crippen molar-refractivity contribution >= 4 is 15.8 Å². The van der Waals surface area contributed by atoms with Gasteiger partial charge in [-0.05, 0) is 54.4 Å². The standard InChI is InChI=1S/C19H21FO6S/c1-13-10-17(24-2)18(25-3)11-14(13)12-26-19(21)8-9-27(22,23)16-6-4-15(20)5-7-16/h4-7,10-11H,8-9,12H2,1-3H3. The fourth-order valence-electron chi connectivity index (χ4n) is 2.39. The topological polar surface area (TPSA) is 78.9 Å². The van der Waals surface area contributed by atoms with Gasteiger partial charge in [0.2, 0.25) is 0 Å². The average molecular weight is 396 g/mol. The Morgan fingerprint density at radius 3 is 2.22 bits per heavy atom. The number of rotatable bonds is 8. The largest absolute Gasteiger partial charge is 0.493 e. The van der Waals surface area contributed by atoms with Crippen LogP contribution in [-0.4, -0.2) is 34.4 Å². The van der Waals surface area contributed by atoms with Gasteiger partial charge in [-0.2, -0.15) is 0 Å². The third-order valence-electron chi connectivity index (χ3n) is 3.98. The number of hydrogen-bond acceptors (Lipinski definition) is 6. The second-order valence-corrected chi connectivity index (χ2v) is 7.93. The lowest BCUT2D eigenvalue weighted by Crippen LogP contribution is -2.14. The number of benzene rings is 2. The summed E-state index contributed by atoms with van der Waals surface area (Å²) < 4.78 is 52.8. The number of ether oxygens (including phenoxy) is 3. The molecule has 6 nitrogen and oxygen atoms in total. The van der Waals surface area contributed by atoms with Crippen molar-refractivity contribution in [3.05, 3.63) is 53.3 Å². The molecule has 0 spiro atoms. The summed E-state index contributed by atoms with van der Waals surface area (Å²) in [6.45, 7) is 1.83. The van der Waals surface area contributed by atoms with E-state index < -0.39 is 27.4 Å². The van der Waals surface area contributed by atoms with E-state index in [0.29, 0.717) is 11.5 Å². The molecular weight excluding hydrogens is 375 g/mol. The van der Waals surface area contributed by atoms with Crippen LogP contribution in [0.25, 0.3) is 0 Å². The number of carbonyl (C=O) groups excluding carboxylic acids is 1. The highest BCUT2D eigenvalue weighted by Crippen LogP contribution is 2.30. The van der Waals surface area contributed by atoms with E-state index >= 15 is 0 Å². The first-order chi connectivity index (χ1) is 12.8. The highest BCUT2D eigenvalue weighted by Gasteiger charge is 2.18. The summed E-state index contributed by atoms with van der Waals surface area (Å²) >= 11 is 0. The van der Waals surface area contributed by atoms with Crippen molar-refractivity contribution in [1.82, 2.24) is 0 Å². The SMILES string of the molecule is COc1cc(C)c(COC(=O)CCS(=O)(=O)c2ccc(F)cc2)cc1OC. The van der Waals surface area contributed by atoms with Gasteiger partial charge in [-0.1, -0.05) is 0 Å². The van der Waals surface area contributed by atoms with Crippen LogP contribution in [0.2, 0.25) is 0 Å². The van der Waals surface area contributed by atoms with Gasteiger partial charge in [-0.3, -0.25) is 4.79 Å². The summed E-state index contributed by atoms with van der Waals surface area (Å²) in [7, 11) is -0.657. The maximum absolute atomic E-state index is 12.9. The van der Waals surface area contributed by atoms with E-state index in [0.717, 1.165) is 23.3 Å². The molecule has 0 aliphatic heterocycles. The van der Waals surface area contributed by atoms with E-state index in [1.54, 1.807) is 12.1 Å². The fraction of sp³-hybridized carbons (Fsp3) is 0.316. The van der Waals surface area contributed by atoms with Gasteiger partial charge in [0, 0.05) is 0 Å². The molecule has 0 aliphatic carbocycles. The number of halogens is 1. The molecule has 0 heterocycles. The molecule has 0 bridgehead atoms. The van der Waals surface area contributed by atoms with E-state index in [-0.39, 0.29) is 17.9 Å². The minimum Gasteiger partial charge on any atom is -0.493 e. The zero-order valence-electron chi connectivity index (χ0n) is 15.3. The van der Waals surface area contributed by atoms with Crippen molar-refractivity contribution in [1.29, 1.82) is 0 Å². The first-order valence-corrected chi connectivity index (χ1v) is 9.77. The zero-order valence-corrected chi connectivity index (χ0v) is 16.1. The molecule has 27 heavy (non-hydrogen) atoms. The highest BCUT2D eigenvalue weighted by atomic mass is 32.2. The quantitative estimate of drug-likeness (QED) is 0.504. The predicted molar refractivity (Wildman–Crippen MR) is 97.1 cm³/mol. The molecule has 146 valence electrons. The maximum atomic E-state index is 12.9. The second-order valence-electron chi connectivity index (χ2n) is 5.82. The molecule has 0 N–H and O–H groups in total. The molecule has 0 saturated heterocycles. The number of hydrogen-bond donors (Lipinski definition) is 0. The molecule has 0 aromatic heterocycles. The third kappa shape index (κ3) is 5.43. The Bertz CT molecular complexity index is 907. The van der Waals surface area contributed by atoms with Gasteiger partial charge in [0.15, 0.2) is 21.3 Å². The van der Waals surface area contributed by atoms with Gasteiger partial charge in [-0.15, -0.1) is 0 Å². The van der Waals surface area contributed by atoms with Crippen molar-refractivity contribution in [2.24, 2.45) is 0 Å². The number of esters is 1. The Kier molecular flexibility index (Phi) is 6.79. The smallest absolute Gasteiger partial charge is 0.307 e. The van der Waals surface area contributed by atoms with E-state index in [1.807, 2.05) is 6.92 Å².